The van der Waals surface area contributed by atoms with E-state index in [0.29, 0.717) is 11.7 Å². The molecule has 2 aromatic rings. The van der Waals surface area contributed by atoms with Crippen LogP contribution in [-0.4, -0.2) is 46.6 Å². The molecule has 2 amide bonds. The van der Waals surface area contributed by atoms with Crippen molar-refractivity contribution in [3.8, 4) is 5.75 Å². The number of anilines is 1. The van der Waals surface area contributed by atoms with Crippen molar-refractivity contribution in [2.24, 2.45) is 5.92 Å². The normalized spacial score (nSPS) is 16.8. The summed E-state index contributed by atoms with van der Waals surface area (Å²) in [6.45, 7) is 4.38. The number of nitrogens with zero attached hydrogens (tertiary/aromatic N) is 3. The Balaban J connectivity index is 1.51. The monoisotopic (exact) mass is 388 g/mol. The van der Waals surface area contributed by atoms with Gasteiger partial charge < -0.3 is 15.0 Å². The topological polar surface area (TPSA) is 84.4 Å². The van der Waals surface area contributed by atoms with Gasteiger partial charge in [0, 0.05) is 25.4 Å². The lowest BCUT2D eigenvalue weighted by molar-refractivity contribution is -0.129. The van der Waals surface area contributed by atoms with Crippen LogP contribution in [0.25, 0.3) is 0 Å². The number of amides is 2. The molecule has 8 heteroatoms. The lowest BCUT2D eigenvalue weighted by Crippen LogP contribution is -2.33. The number of likely N-dealkylation sites (tertiary alicyclic amines) is 1. The minimum Gasteiger partial charge on any atom is -0.497 e. The van der Waals surface area contributed by atoms with Crippen molar-refractivity contribution in [2.75, 3.05) is 19.0 Å². The van der Waals surface area contributed by atoms with Crippen LogP contribution in [0, 0.1) is 5.92 Å². The van der Waals surface area contributed by atoms with Gasteiger partial charge in [-0.3, -0.25) is 9.59 Å². The number of hydrogen-bond acceptors (Lipinski definition) is 6. The highest BCUT2D eigenvalue weighted by Gasteiger charge is 2.35. The molecular formula is C19H24N4O3S. The number of aryl methyl sites for hydroxylation is 2. The van der Waals surface area contributed by atoms with Gasteiger partial charge in [-0.25, -0.2) is 0 Å². The van der Waals surface area contributed by atoms with Gasteiger partial charge >= 0.3 is 0 Å². The van der Waals surface area contributed by atoms with Gasteiger partial charge in [0.25, 0.3) is 0 Å². The van der Waals surface area contributed by atoms with Crippen LogP contribution in [0.15, 0.2) is 24.3 Å². The Labute approximate surface area is 162 Å². The van der Waals surface area contributed by atoms with E-state index in [0.717, 1.165) is 23.6 Å². The van der Waals surface area contributed by atoms with E-state index in [1.54, 1.807) is 12.0 Å². The van der Waals surface area contributed by atoms with Crippen molar-refractivity contribution >= 4 is 28.3 Å². The molecule has 1 aliphatic heterocycles. The molecule has 1 aromatic carbocycles. The summed E-state index contributed by atoms with van der Waals surface area (Å²) in [6, 6.07) is 8.04. The van der Waals surface area contributed by atoms with Gasteiger partial charge in [-0.15, -0.1) is 10.2 Å². The molecule has 1 aromatic heterocycles. The maximum absolute atomic E-state index is 12.4. The number of methoxy groups -OCH3 is 1. The molecule has 0 aliphatic carbocycles. The number of hydrogen-bond donors (Lipinski definition) is 1. The summed E-state index contributed by atoms with van der Waals surface area (Å²) in [5, 5.41) is 12.4. The van der Waals surface area contributed by atoms with Gasteiger partial charge in [0.15, 0.2) is 0 Å². The number of carbonyl (C=O) groups excluding carboxylic acids is 2. The maximum Gasteiger partial charge on any atom is 0.231 e. The highest BCUT2D eigenvalue weighted by molar-refractivity contribution is 7.15. The van der Waals surface area contributed by atoms with Crippen molar-refractivity contribution < 1.29 is 14.3 Å². The van der Waals surface area contributed by atoms with E-state index in [4.69, 9.17) is 4.74 Å². The number of benzene rings is 1. The number of aromatic nitrogens is 2. The second-order valence-electron chi connectivity index (χ2n) is 6.88. The molecule has 1 N–H and O–H groups in total. The minimum atomic E-state index is -0.327. The fourth-order valence-corrected chi connectivity index (χ4v) is 3.80. The van der Waals surface area contributed by atoms with E-state index in [-0.39, 0.29) is 30.2 Å². The van der Waals surface area contributed by atoms with Gasteiger partial charge in [-0.05, 0) is 38.0 Å². The summed E-state index contributed by atoms with van der Waals surface area (Å²) in [5.41, 5.74) is 1.19. The van der Waals surface area contributed by atoms with E-state index in [1.807, 2.05) is 38.1 Å². The Bertz CT molecular complexity index is 804. The fraction of sp³-hybridized carbons (Fsp3) is 0.474. The van der Waals surface area contributed by atoms with E-state index >= 15 is 0 Å². The molecule has 2 heterocycles. The van der Waals surface area contributed by atoms with Gasteiger partial charge in [0.05, 0.1) is 13.0 Å². The van der Waals surface area contributed by atoms with Crippen LogP contribution in [0.3, 0.4) is 0 Å². The highest BCUT2D eigenvalue weighted by Crippen LogP contribution is 2.23. The lowest BCUT2D eigenvalue weighted by Gasteiger charge is -2.20. The quantitative estimate of drug-likeness (QED) is 0.788. The Hall–Kier alpha value is -2.48. The molecule has 3 rings (SSSR count). The lowest BCUT2D eigenvalue weighted by atomic mass is 10.1. The molecule has 1 aliphatic rings. The number of ether oxygens (including phenoxy) is 1. The molecule has 7 nitrogen and oxygen atoms in total. The van der Waals surface area contributed by atoms with Crippen molar-refractivity contribution in [1.29, 1.82) is 0 Å². The molecule has 0 spiro atoms. The second-order valence-corrected chi connectivity index (χ2v) is 7.94. The summed E-state index contributed by atoms with van der Waals surface area (Å²) in [7, 11) is 1.65. The zero-order valence-electron chi connectivity index (χ0n) is 15.8. The Morgan fingerprint density at radius 2 is 2.04 bits per heavy atom. The minimum absolute atomic E-state index is 0.0302. The molecule has 27 heavy (non-hydrogen) atoms. The molecule has 0 saturated carbocycles. The summed E-state index contributed by atoms with van der Waals surface area (Å²) >= 11 is 1.38. The smallest absolute Gasteiger partial charge is 0.231 e. The van der Waals surface area contributed by atoms with Crippen LogP contribution in [0.5, 0.6) is 5.75 Å². The zero-order chi connectivity index (χ0) is 19.4. The second kappa shape index (κ2) is 8.47. The van der Waals surface area contributed by atoms with Gasteiger partial charge in [-0.1, -0.05) is 23.5 Å². The Kier molecular flexibility index (Phi) is 6.05. The van der Waals surface area contributed by atoms with Crippen molar-refractivity contribution in [2.45, 2.75) is 39.2 Å². The third kappa shape index (κ3) is 4.82. The first-order valence-electron chi connectivity index (χ1n) is 9.02. The number of nitrogens with one attached hydrogen (secondary N) is 1. The van der Waals surface area contributed by atoms with Crippen molar-refractivity contribution in [3.63, 3.8) is 0 Å². The standard InChI is InChI=1S/C19H24N4O3S/c1-12(2)23-11-14(10-17(23)24)18(25)20-19-22-21-16(27-19)9-6-13-4-7-15(26-3)8-5-13/h4-5,7-8,12,14H,6,9-11H2,1-3H3,(H,20,22,25)/t14-/m0/s1. The molecule has 1 atom stereocenters. The predicted octanol–water partition coefficient (Wildman–Crippen LogP) is 2.53. The van der Waals surface area contributed by atoms with Crippen LogP contribution in [-0.2, 0) is 22.4 Å². The molecule has 0 radical (unpaired) electrons. The van der Waals surface area contributed by atoms with Crippen LogP contribution in [0.2, 0.25) is 0 Å². The van der Waals surface area contributed by atoms with E-state index < -0.39 is 0 Å². The average molecular weight is 388 g/mol. The summed E-state index contributed by atoms with van der Waals surface area (Å²) in [5.74, 6) is 0.375. The van der Waals surface area contributed by atoms with E-state index in [2.05, 4.69) is 15.5 Å². The van der Waals surface area contributed by atoms with E-state index in [9.17, 15) is 9.59 Å². The fourth-order valence-electron chi connectivity index (χ4n) is 3.06. The number of rotatable bonds is 7. The molecule has 144 valence electrons. The molecular weight excluding hydrogens is 364 g/mol. The Morgan fingerprint density at radius 3 is 2.67 bits per heavy atom. The van der Waals surface area contributed by atoms with Crippen LogP contribution in [0.1, 0.15) is 30.8 Å². The first-order valence-corrected chi connectivity index (χ1v) is 9.83. The number of carbonyl (C=O) groups is 2. The van der Waals surface area contributed by atoms with Gasteiger partial charge in [0.1, 0.15) is 10.8 Å². The Morgan fingerprint density at radius 1 is 1.30 bits per heavy atom. The van der Waals surface area contributed by atoms with Crippen LogP contribution >= 0.6 is 11.3 Å². The third-order valence-electron chi connectivity index (χ3n) is 4.64. The summed E-state index contributed by atoms with van der Waals surface area (Å²) < 4.78 is 5.16. The summed E-state index contributed by atoms with van der Waals surface area (Å²) in [6.07, 6.45) is 1.85. The SMILES string of the molecule is COc1ccc(CCc2nnc(NC(=O)[C@H]3CC(=O)N(C(C)C)C3)s2)cc1. The zero-order valence-corrected chi connectivity index (χ0v) is 16.6. The van der Waals surface area contributed by atoms with Crippen molar-refractivity contribution in [1.82, 2.24) is 15.1 Å². The summed E-state index contributed by atoms with van der Waals surface area (Å²) in [4.78, 5) is 26.1. The molecule has 0 unspecified atom stereocenters. The first-order chi connectivity index (χ1) is 13.0. The molecule has 1 saturated heterocycles. The average Bonchev–Trinajstić information content (AvgIpc) is 3.27. The van der Waals surface area contributed by atoms with Crippen molar-refractivity contribution in [3.05, 3.63) is 34.8 Å². The molecule has 0 bridgehead atoms. The van der Waals surface area contributed by atoms with Gasteiger partial charge in [0.2, 0.25) is 16.9 Å². The highest BCUT2D eigenvalue weighted by atomic mass is 32.1. The largest absolute Gasteiger partial charge is 0.497 e. The third-order valence-corrected chi connectivity index (χ3v) is 5.53. The maximum atomic E-state index is 12.4. The van der Waals surface area contributed by atoms with Crippen LogP contribution in [0.4, 0.5) is 5.13 Å². The van der Waals surface area contributed by atoms with Crippen LogP contribution < -0.4 is 10.1 Å². The first kappa shape index (κ1) is 19.3. The van der Waals surface area contributed by atoms with E-state index in [1.165, 1.54) is 16.9 Å². The van der Waals surface area contributed by atoms with Gasteiger partial charge in [-0.2, -0.15) is 0 Å². The molecule has 1 fully saturated rings. The predicted molar refractivity (Wildman–Crippen MR) is 104 cm³/mol.